The van der Waals surface area contributed by atoms with Gasteiger partial charge in [-0.1, -0.05) is 6.07 Å². The fourth-order valence-electron chi connectivity index (χ4n) is 1.84. The third kappa shape index (κ3) is 11.2. The third-order valence-corrected chi connectivity index (χ3v) is 4.91. The Balaban J connectivity index is 0.00000529. The Hall–Kier alpha value is -0.390. The van der Waals surface area contributed by atoms with E-state index < -0.39 is 9.84 Å². The molecular weight excluding hydrogens is 461 g/mol. The fourth-order valence-corrected chi connectivity index (χ4v) is 2.96. The lowest BCUT2D eigenvalue weighted by atomic mass is 10.3. The first-order chi connectivity index (χ1) is 10.9. The summed E-state index contributed by atoms with van der Waals surface area (Å²) in [6.45, 7) is 4.88. The number of nitrogens with zero attached hydrogens (tertiary/aromatic N) is 2. The molecule has 0 saturated heterocycles. The van der Waals surface area contributed by atoms with Crippen molar-refractivity contribution in [1.82, 2.24) is 10.2 Å². The van der Waals surface area contributed by atoms with Crippen LogP contribution in [0, 0.1) is 0 Å². The summed E-state index contributed by atoms with van der Waals surface area (Å²) >= 11 is 1.76. The number of rotatable bonds is 10. The van der Waals surface area contributed by atoms with Gasteiger partial charge in [-0.3, -0.25) is 4.99 Å². The first-order valence-corrected chi connectivity index (χ1v) is 10.6. The van der Waals surface area contributed by atoms with Gasteiger partial charge in [0.15, 0.2) is 5.96 Å². The maximum atomic E-state index is 11.0. The van der Waals surface area contributed by atoms with Gasteiger partial charge in [0.1, 0.15) is 9.84 Å². The molecule has 0 aromatic carbocycles. The molecule has 24 heavy (non-hydrogen) atoms. The van der Waals surface area contributed by atoms with E-state index >= 15 is 0 Å². The van der Waals surface area contributed by atoms with Crippen molar-refractivity contribution >= 4 is 51.1 Å². The van der Waals surface area contributed by atoms with Gasteiger partial charge in [0.25, 0.3) is 0 Å². The van der Waals surface area contributed by atoms with Crippen molar-refractivity contribution in [3.63, 3.8) is 0 Å². The summed E-state index contributed by atoms with van der Waals surface area (Å²) in [5.41, 5.74) is 0. The molecule has 9 heteroatoms. The lowest BCUT2D eigenvalue weighted by Gasteiger charge is -2.21. The maximum absolute atomic E-state index is 11.0. The summed E-state index contributed by atoms with van der Waals surface area (Å²) in [5, 5.41) is 5.34. The van der Waals surface area contributed by atoms with Gasteiger partial charge in [-0.05, 0) is 24.8 Å². The summed E-state index contributed by atoms with van der Waals surface area (Å²) in [5.74, 6) is 0.896. The summed E-state index contributed by atoms with van der Waals surface area (Å²) in [7, 11) is -0.945. The SMILES string of the molecule is CCNC(=NCCOCCS(C)(=O)=O)N(C)CCc1cccs1.I. The van der Waals surface area contributed by atoms with Crippen LogP contribution in [0.1, 0.15) is 11.8 Å². The van der Waals surface area contributed by atoms with Crippen molar-refractivity contribution in [2.45, 2.75) is 13.3 Å². The Morgan fingerprint density at radius 1 is 1.42 bits per heavy atom. The normalized spacial score (nSPS) is 11.9. The van der Waals surface area contributed by atoms with Crippen molar-refractivity contribution in [3.05, 3.63) is 22.4 Å². The van der Waals surface area contributed by atoms with Crippen LogP contribution in [-0.2, 0) is 21.0 Å². The molecule has 1 heterocycles. The zero-order valence-corrected chi connectivity index (χ0v) is 18.5. The summed E-state index contributed by atoms with van der Waals surface area (Å²) in [6, 6.07) is 4.20. The maximum Gasteiger partial charge on any atom is 0.193 e. The minimum atomic E-state index is -2.96. The Morgan fingerprint density at radius 2 is 2.17 bits per heavy atom. The van der Waals surface area contributed by atoms with Crippen molar-refractivity contribution < 1.29 is 13.2 Å². The molecule has 0 saturated carbocycles. The van der Waals surface area contributed by atoms with Gasteiger partial charge < -0.3 is 15.0 Å². The van der Waals surface area contributed by atoms with E-state index in [1.54, 1.807) is 11.3 Å². The van der Waals surface area contributed by atoms with E-state index in [4.69, 9.17) is 4.74 Å². The second-order valence-electron chi connectivity index (χ2n) is 5.23. The monoisotopic (exact) mass is 489 g/mol. The second kappa shape index (κ2) is 12.9. The molecule has 0 amide bonds. The number of aliphatic imine (C=N–C) groups is 1. The van der Waals surface area contributed by atoms with Crippen LogP contribution in [0.2, 0.25) is 0 Å². The van der Waals surface area contributed by atoms with E-state index in [1.807, 2.05) is 14.0 Å². The van der Waals surface area contributed by atoms with Crippen molar-refractivity contribution in [3.8, 4) is 0 Å². The van der Waals surface area contributed by atoms with Crippen LogP contribution < -0.4 is 5.32 Å². The number of halogens is 1. The van der Waals surface area contributed by atoms with Crippen LogP contribution >= 0.6 is 35.3 Å². The predicted molar refractivity (Wildman–Crippen MR) is 113 cm³/mol. The molecule has 0 aliphatic heterocycles. The molecule has 1 N–H and O–H groups in total. The van der Waals surface area contributed by atoms with E-state index in [2.05, 4.69) is 32.7 Å². The standard InChI is InChI=1S/C15H27N3O3S2.HI/c1-4-16-15(17-8-10-21-11-13-23(3,19)20)18(2)9-7-14-6-5-12-22-14;/h5-6,12H,4,7-11,13H2,1-3H3,(H,16,17);1H. The molecule has 1 rings (SSSR count). The number of hydrogen-bond acceptors (Lipinski definition) is 5. The van der Waals surface area contributed by atoms with Gasteiger partial charge in [0.05, 0.1) is 25.5 Å². The first kappa shape index (κ1) is 23.6. The molecule has 0 radical (unpaired) electrons. The highest BCUT2D eigenvalue weighted by Crippen LogP contribution is 2.09. The Morgan fingerprint density at radius 3 is 2.75 bits per heavy atom. The number of nitrogens with one attached hydrogen (secondary N) is 1. The van der Waals surface area contributed by atoms with Crippen LogP contribution in [0.4, 0.5) is 0 Å². The molecular formula is C15H28IN3O3S2. The summed E-state index contributed by atoms with van der Waals surface area (Å²) in [4.78, 5) is 7.96. The Bertz CT molecular complexity index is 563. The molecule has 0 spiro atoms. The van der Waals surface area contributed by atoms with E-state index in [-0.39, 0.29) is 36.3 Å². The smallest absolute Gasteiger partial charge is 0.193 e. The average Bonchev–Trinajstić information content (AvgIpc) is 2.99. The molecule has 1 aromatic rings. The Labute approximate surface area is 166 Å². The Kier molecular flexibility index (Phi) is 12.7. The number of hydrogen-bond donors (Lipinski definition) is 1. The van der Waals surface area contributed by atoms with Gasteiger partial charge in [-0.15, -0.1) is 35.3 Å². The molecule has 0 atom stereocenters. The third-order valence-electron chi connectivity index (χ3n) is 3.07. The highest BCUT2D eigenvalue weighted by Gasteiger charge is 2.06. The molecule has 0 fully saturated rings. The minimum absolute atomic E-state index is 0. The van der Waals surface area contributed by atoms with Crippen LogP contribution in [-0.4, -0.2) is 71.2 Å². The van der Waals surface area contributed by atoms with E-state index in [1.165, 1.54) is 11.1 Å². The molecule has 1 aromatic heterocycles. The van der Waals surface area contributed by atoms with Crippen LogP contribution in [0.25, 0.3) is 0 Å². The summed E-state index contributed by atoms with van der Waals surface area (Å²) in [6.07, 6.45) is 2.20. The highest BCUT2D eigenvalue weighted by molar-refractivity contribution is 14.0. The molecule has 6 nitrogen and oxygen atoms in total. The molecule has 140 valence electrons. The van der Waals surface area contributed by atoms with E-state index in [0.29, 0.717) is 13.2 Å². The van der Waals surface area contributed by atoms with Crippen LogP contribution in [0.5, 0.6) is 0 Å². The van der Waals surface area contributed by atoms with Crippen molar-refractivity contribution in [2.24, 2.45) is 4.99 Å². The first-order valence-electron chi connectivity index (χ1n) is 7.69. The van der Waals surface area contributed by atoms with Gasteiger partial charge in [0, 0.05) is 31.3 Å². The zero-order chi connectivity index (χ0) is 17.1. The lowest BCUT2D eigenvalue weighted by molar-refractivity contribution is 0.157. The van der Waals surface area contributed by atoms with E-state index in [0.717, 1.165) is 25.5 Å². The molecule has 0 bridgehead atoms. The second-order valence-corrected chi connectivity index (χ2v) is 8.52. The molecule has 0 aliphatic rings. The largest absolute Gasteiger partial charge is 0.378 e. The molecule has 0 aliphatic carbocycles. The fraction of sp³-hybridized carbons (Fsp3) is 0.667. The number of thiophene rings is 1. The number of guanidine groups is 1. The lowest BCUT2D eigenvalue weighted by Crippen LogP contribution is -2.40. The highest BCUT2D eigenvalue weighted by atomic mass is 127. The van der Waals surface area contributed by atoms with Crippen LogP contribution in [0.15, 0.2) is 22.5 Å². The van der Waals surface area contributed by atoms with Crippen molar-refractivity contribution in [2.75, 3.05) is 51.9 Å². The van der Waals surface area contributed by atoms with Gasteiger partial charge in [0.2, 0.25) is 0 Å². The number of likely N-dealkylation sites (N-methyl/N-ethyl adjacent to an activating group) is 1. The van der Waals surface area contributed by atoms with Gasteiger partial charge in [-0.25, -0.2) is 8.42 Å². The summed E-state index contributed by atoms with van der Waals surface area (Å²) < 4.78 is 27.3. The number of ether oxygens (including phenoxy) is 1. The number of sulfone groups is 1. The predicted octanol–water partition coefficient (Wildman–Crippen LogP) is 1.87. The van der Waals surface area contributed by atoms with Crippen molar-refractivity contribution in [1.29, 1.82) is 0 Å². The van der Waals surface area contributed by atoms with Gasteiger partial charge >= 0.3 is 0 Å². The topological polar surface area (TPSA) is 71.0 Å². The molecule has 0 unspecified atom stereocenters. The van der Waals surface area contributed by atoms with E-state index in [9.17, 15) is 8.42 Å². The van der Waals surface area contributed by atoms with Gasteiger partial charge in [-0.2, -0.15) is 0 Å². The quantitative estimate of drug-likeness (QED) is 0.235. The minimum Gasteiger partial charge on any atom is -0.378 e. The van der Waals surface area contributed by atoms with Crippen LogP contribution in [0.3, 0.4) is 0 Å². The zero-order valence-electron chi connectivity index (χ0n) is 14.5. The average molecular weight is 489 g/mol.